The van der Waals surface area contributed by atoms with Gasteiger partial charge in [0.25, 0.3) is 0 Å². The van der Waals surface area contributed by atoms with Crippen molar-refractivity contribution in [1.82, 2.24) is 13.8 Å². The predicted octanol–water partition coefficient (Wildman–Crippen LogP) is 3.78. The number of hydrogen-bond donors (Lipinski definition) is 2. The van der Waals surface area contributed by atoms with E-state index in [-0.39, 0.29) is 0 Å². The van der Waals surface area contributed by atoms with Gasteiger partial charge in [0, 0.05) is 61.1 Å². The first-order valence-electron chi connectivity index (χ1n) is 12.4. The number of benzene rings is 3. The third-order valence-electron chi connectivity index (χ3n) is 6.73. The average Bonchev–Trinajstić information content (AvgIpc) is 3.22. The molecule has 4 aromatic rings. The molecule has 1 saturated heterocycles. The van der Waals surface area contributed by atoms with Crippen molar-refractivity contribution in [2.45, 2.75) is 31.8 Å². The summed E-state index contributed by atoms with van der Waals surface area (Å²) in [6.45, 7) is 8.44. The van der Waals surface area contributed by atoms with Gasteiger partial charge in [-0.25, -0.2) is 18.0 Å². The molecule has 0 amide bonds. The van der Waals surface area contributed by atoms with Crippen LogP contribution in [0.15, 0.2) is 71.6 Å². The van der Waals surface area contributed by atoms with Crippen molar-refractivity contribution in [3.8, 4) is 0 Å². The van der Waals surface area contributed by atoms with Crippen LogP contribution in [0, 0.1) is 6.92 Å². The standard InChI is InChI=1S/C26H29N3O2S.C2H2O4/c1-3-29-25-7-5-4-6-23(25)24-18-21(10-13-26(24)29)19-27-14-16-28(17-15-27)32(30,31)22-11-8-20(2)9-12-22;3-1(4)2(5)6/h4-13,18H,3,14-17,19H2,1-2H3;(H,3,4)(H,5,6). The van der Waals surface area contributed by atoms with Crippen LogP contribution < -0.4 is 0 Å². The van der Waals surface area contributed by atoms with Crippen molar-refractivity contribution in [1.29, 1.82) is 0 Å². The van der Waals surface area contributed by atoms with Gasteiger partial charge in [-0.05, 0) is 49.7 Å². The predicted molar refractivity (Wildman–Crippen MR) is 146 cm³/mol. The molecule has 0 unspecified atom stereocenters. The van der Waals surface area contributed by atoms with E-state index >= 15 is 0 Å². The SMILES string of the molecule is CCn1c2ccccc2c2cc(CN3CCN(S(=O)(=O)c4ccc(C)cc4)CC3)ccc21.O=C(O)C(=O)O. The van der Waals surface area contributed by atoms with Gasteiger partial charge >= 0.3 is 11.9 Å². The van der Waals surface area contributed by atoms with Gasteiger partial charge in [-0.1, -0.05) is 42.0 Å². The van der Waals surface area contributed by atoms with Crippen molar-refractivity contribution in [2.75, 3.05) is 26.2 Å². The topological polar surface area (TPSA) is 120 Å². The first-order chi connectivity index (χ1) is 18.1. The summed E-state index contributed by atoms with van der Waals surface area (Å²) >= 11 is 0. The quantitative estimate of drug-likeness (QED) is 0.372. The van der Waals surface area contributed by atoms with Crippen LogP contribution in [0.5, 0.6) is 0 Å². The van der Waals surface area contributed by atoms with Gasteiger partial charge < -0.3 is 14.8 Å². The highest BCUT2D eigenvalue weighted by Crippen LogP contribution is 2.30. The number of fused-ring (bicyclic) bond motifs is 3. The Labute approximate surface area is 221 Å². The number of piperazine rings is 1. The zero-order valence-electron chi connectivity index (χ0n) is 21.4. The molecule has 1 aliphatic rings. The van der Waals surface area contributed by atoms with Gasteiger partial charge in [0.15, 0.2) is 0 Å². The Kier molecular flexibility index (Phi) is 8.15. The minimum Gasteiger partial charge on any atom is -0.473 e. The molecule has 0 radical (unpaired) electrons. The molecule has 0 spiro atoms. The van der Waals surface area contributed by atoms with Crippen LogP contribution in [0.1, 0.15) is 18.1 Å². The second-order valence-electron chi connectivity index (χ2n) is 9.22. The van der Waals surface area contributed by atoms with Crippen molar-refractivity contribution < 1.29 is 28.2 Å². The number of aliphatic carboxylic acids is 2. The molecule has 0 atom stereocenters. The third kappa shape index (κ3) is 5.72. The summed E-state index contributed by atoms with van der Waals surface area (Å²) in [7, 11) is -3.42. The smallest absolute Gasteiger partial charge is 0.414 e. The fourth-order valence-electron chi connectivity index (χ4n) is 4.79. The fourth-order valence-corrected chi connectivity index (χ4v) is 6.21. The van der Waals surface area contributed by atoms with Crippen LogP contribution in [0.25, 0.3) is 21.8 Å². The molecule has 1 aromatic heterocycles. The van der Waals surface area contributed by atoms with Crippen LogP contribution >= 0.6 is 0 Å². The van der Waals surface area contributed by atoms with Crippen molar-refractivity contribution >= 4 is 43.8 Å². The summed E-state index contributed by atoms with van der Waals surface area (Å²) in [6.07, 6.45) is 0. The summed E-state index contributed by atoms with van der Waals surface area (Å²) in [5, 5.41) is 17.4. The lowest BCUT2D eigenvalue weighted by atomic mass is 10.1. The Morgan fingerprint density at radius 2 is 1.42 bits per heavy atom. The number of para-hydroxylation sites is 1. The molecule has 3 aromatic carbocycles. The van der Waals surface area contributed by atoms with E-state index in [9.17, 15) is 8.42 Å². The van der Waals surface area contributed by atoms with Gasteiger partial charge in [-0.3, -0.25) is 4.90 Å². The summed E-state index contributed by atoms with van der Waals surface area (Å²) in [6, 6.07) is 22.4. The number of aryl methyl sites for hydroxylation is 2. The Morgan fingerprint density at radius 3 is 2.03 bits per heavy atom. The lowest BCUT2D eigenvalue weighted by Crippen LogP contribution is -2.48. The molecule has 9 nitrogen and oxygen atoms in total. The second-order valence-corrected chi connectivity index (χ2v) is 11.2. The summed E-state index contributed by atoms with van der Waals surface area (Å²) in [5.74, 6) is -3.65. The van der Waals surface area contributed by atoms with Gasteiger partial charge in [0.1, 0.15) is 0 Å². The van der Waals surface area contributed by atoms with Gasteiger partial charge in [-0.2, -0.15) is 4.31 Å². The summed E-state index contributed by atoms with van der Waals surface area (Å²) in [5.41, 5.74) is 4.88. The molecule has 0 bridgehead atoms. The van der Waals surface area contributed by atoms with Gasteiger partial charge in [0.05, 0.1) is 4.90 Å². The number of aromatic nitrogens is 1. The van der Waals surface area contributed by atoms with E-state index in [1.807, 2.05) is 19.1 Å². The molecule has 2 heterocycles. The van der Waals surface area contributed by atoms with Gasteiger partial charge in [0.2, 0.25) is 10.0 Å². The lowest BCUT2D eigenvalue weighted by molar-refractivity contribution is -0.159. The molecule has 10 heteroatoms. The van der Waals surface area contributed by atoms with Crippen molar-refractivity contribution in [3.05, 3.63) is 77.9 Å². The van der Waals surface area contributed by atoms with Gasteiger partial charge in [-0.15, -0.1) is 0 Å². The van der Waals surface area contributed by atoms with Crippen LogP contribution in [0.2, 0.25) is 0 Å². The van der Waals surface area contributed by atoms with Crippen molar-refractivity contribution in [2.24, 2.45) is 0 Å². The number of rotatable bonds is 5. The van der Waals surface area contributed by atoms with E-state index in [2.05, 4.69) is 58.9 Å². The molecule has 1 aliphatic heterocycles. The average molecular weight is 538 g/mol. The maximum absolute atomic E-state index is 13.0. The summed E-state index contributed by atoms with van der Waals surface area (Å²) < 4.78 is 29.9. The monoisotopic (exact) mass is 537 g/mol. The van der Waals surface area contributed by atoms with E-state index in [1.54, 1.807) is 16.4 Å². The molecule has 1 fully saturated rings. The molecule has 5 rings (SSSR count). The maximum Gasteiger partial charge on any atom is 0.414 e. The number of carboxylic acid groups (broad SMARTS) is 2. The molecule has 2 N–H and O–H groups in total. The Balaban J connectivity index is 0.000000505. The Morgan fingerprint density at radius 1 is 0.816 bits per heavy atom. The first-order valence-corrected chi connectivity index (χ1v) is 13.8. The molecular formula is C28H31N3O6S. The second kappa shape index (κ2) is 11.3. The van der Waals surface area contributed by atoms with E-state index in [1.165, 1.54) is 27.4 Å². The largest absolute Gasteiger partial charge is 0.473 e. The Bertz CT molecular complexity index is 1560. The van der Waals surface area contributed by atoms with Crippen LogP contribution in [-0.2, 0) is 32.7 Å². The highest BCUT2D eigenvalue weighted by Gasteiger charge is 2.28. The molecule has 0 aliphatic carbocycles. The molecule has 0 saturated carbocycles. The lowest BCUT2D eigenvalue weighted by Gasteiger charge is -2.34. The van der Waals surface area contributed by atoms with Crippen LogP contribution in [0.3, 0.4) is 0 Å². The molecule has 200 valence electrons. The van der Waals surface area contributed by atoms with E-state index in [0.29, 0.717) is 18.0 Å². The third-order valence-corrected chi connectivity index (χ3v) is 8.65. The van der Waals surface area contributed by atoms with E-state index in [4.69, 9.17) is 19.8 Å². The van der Waals surface area contributed by atoms with Crippen molar-refractivity contribution in [3.63, 3.8) is 0 Å². The normalized spacial score (nSPS) is 14.8. The van der Waals surface area contributed by atoms with Crippen LogP contribution in [-0.4, -0.2) is 70.5 Å². The summed E-state index contributed by atoms with van der Waals surface area (Å²) in [4.78, 5) is 20.9. The zero-order chi connectivity index (χ0) is 27.4. The Hall–Kier alpha value is -3.73. The highest BCUT2D eigenvalue weighted by atomic mass is 32.2. The molecule has 38 heavy (non-hydrogen) atoms. The fraction of sp³-hybridized carbons (Fsp3) is 0.286. The van der Waals surface area contributed by atoms with Crippen LogP contribution in [0.4, 0.5) is 0 Å². The zero-order valence-corrected chi connectivity index (χ0v) is 22.2. The number of sulfonamides is 1. The minimum absolute atomic E-state index is 0.384. The number of nitrogens with zero attached hydrogens (tertiary/aromatic N) is 3. The molecular weight excluding hydrogens is 506 g/mol. The van der Waals surface area contributed by atoms with E-state index < -0.39 is 22.0 Å². The number of hydrogen-bond acceptors (Lipinski definition) is 5. The number of carboxylic acids is 2. The first kappa shape index (κ1) is 27.3. The maximum atomic E-state index is 13.0. The highest BCUT2D eigenvalue weighted by molar-refractivity contribution is 7.89. The minimum atomic E-state index is -3.42. The number of carbonyl (C=O) groups is 2. The van der Waals surface area contributed by atoms with E-state index in [0.717, 1.165) is 31.7 Å².